The topological polar surface area (TPSA) is 94.3 Å². The summed E-state index contributed by atoms with van der Waals surface area (Å²) < 4.78 is 5.22. The molecule has 0 aliphatic carbocycles. The van der Waals surface area contributed by atoms with Gasteiger partial charge in [0.05, 0.1) is 26.9 Å². The highest BCUT2D eigenvalue weighted by atomic mass is 35.5. The van der Waals surface area contributed by atoms with Crippen molar-refractivity contribution in [3.63, 3.8) is 0 Å². The van der Waals surface area contributed by atoms with Crippen molar-refractivity contribution in [1.29, 1.82) is 0 Å². The fourth-order valence-corrected chi connectivity index (χ4v) is 2.79. The molecule has 0 spiro atoms. The zero-order chi connectivity index (χ0) is 19.6. The van der Waals surface area contributed by atoms with Crippen LogP contribution in [0.2, 0.25) is 10.0 Å². The Bertz CT molecular complexity index is 1040. The minimum Gasteiger partial charge on any atom is -0.449 e. The zero-order valence-corrected chi connectivity index (χ0v) is 15.7. The van der Waals surface area contributed by atoms with Crippen LogP contribution in [0.3, 0.4) is 0 Å². The third-order valence-electron chi connectivity index (χ3n) is 3.90. The first-order valence-electron chi connectivity index (χ1n) is 7.97. The van der Waals surface area contributed by atoms with E-state index in [9.17, 15) is 9.59 Å². The van der Waals surface area contributed by atoms with Crippen molar-refractivity contribution in [2.45, 2.75) is 13.0 Å². The molecule has 1 atom stereocenters. The number of nitrogens with two attached hydrogens (primary N) is 1. The Morgan fingerprint density at radius 3 is 2.67 bits per heavy atom. The van der Waals surface area contributed by atoms with Gasteiger partial charge in [0.25, 0.3) is 5.91 Å². The van der Waals surface area contributed by atoms with E-state index >= 15 is 0 Å². The van der Waals surface area contributed by atoms with E-state index in [-0.39, 0.29) is 16.3 Å². The van der Waals surface area contributed by atoms with Crippen LogP contribution in [0.25, 0.3) is 10.9 Å². The highest BCUT2D eigenvalue weighted by molar-refractivity contribution is 6.44. The molecule has 1 unspecified atom stereocenters. The second kappa shape index (κ2) is 7.82. The number of anilines is 2. The lowest BCUT2D eigenvalue weighted by molar-refractivity contribution is -0.123. The van der Waals surface area contributed by atoms with E-state index in [4.69, 9.17) is 33.7 Å². The first kappa shape index (κ1) is 18.9. The van der Waals surface area contributed by atoms with Crippen LogP contribution in [0.15, 0.2) is 48.7 Å². The van der Waals surface area contributed by atoms with Crippen LogP contribution < -0.4 is 11.1 Å². The van der Waals surface area contributed by atoms with Gasteiger partial charge >= 0.3 is 5.97 Å². The third-order valence-corrected chi connectivity index (χ3v) is 4.72. The largest absolute Gasteiger partial charge is 0.449 e. The molecule has 27 heavy (non-hydrogen) atoms. The lowest BCUT2D eigenvalue weighted by atomic mass is 10.1. The summed E-state index contributed by atoms with van der Waals surface area (Å²) >= 11 is 12.0. The molecule has 0 fully saturated rings. The molecule has 0 aliphatic heterocycles. The summed E-state index contributed by atoms with van der Waals surface area (Å²) in [6, 6.07) is 12.0. The Kier molecular flexibility index (Phi) is 5.48. The maximum Gasteiger partial charge on any atom is 0.342 e. The van der Waals surface area contributed by atoms with Gasteiger partial charge in [0.1, 0.15) is 5.56 Å². The van der Waals surface area contributed by atoms with E-state index in [1.165, 1.54) is 13.1 Å². The number of ether oxygens (including phenoxy) is 1. The second-order valence-electron chi connectivity index (χ2n) is 5.74. The standard InChI is InChI=1S/C19H15Cl2N3O3/c1-10(18(25)24-15-8-4-6-13(20)16(15)21)27-19(26)12-9-23-14-7-3-2-5-11(14)17(12)22/h2-10H,1H3,(H2,22,23)(H,24,25). The van der Waals surface area contributed by atoms with E-state index in [0.717, 1.165) is 0 Å². The molecule has 0 bridgehead atoms. The van der Waals surface area contributed by atoms with Crippen LogP contribution >= 0.6 is 23.2 Å². The zero-order valence-electron chi connectivity index (χ0n) is 14.2. The number of nitrogens with one attached hydrogen (secondary N) is 1. The third kappa shape index (κ3) is 3.97. The Hall–Kier alpha value is -2.83. The number of aromatic nitrogens is 1. The Morgan fingerprint density at radius 2 is 1.89 bits per heavy atom. The maximum absolute atomic E-state index is 12.4. The number of rotatable bonds is 4. The number of carbonyl (C=O) groups is 2. The Labute approximate surface area is 165 Å². The molecular formula is C19H15Cl2N3O3. The highest BCUT2D eigenvalue weighted by Crippen LogP contribution is 2.29. The van der Waals surface area contributed by atoms with E-state index in [2.05, 4.69) is 10.3 Å². The Balaban J connectivity index is 1.74. The van der Waals surface area contributed by atoms with E-state index < -0.39 is 18.0 Å². The molecule has 2 aromatic carbocycles. The van der Waals surface area contributed by atoms with Crippen LogP contribution in [-0.2, 0) is 9.53 Å². The van der Waals surface area contributed by atoms with Gasteiger partial charge in [-0.15, -0.1) is 0 Å². The molecule has 1 amide bonds. The number of benzene rings is 2. The molecule has 3 N–H and O–H groups in total. The highest BCUT2D eigenvalue weighted by Gasteiger charge is 2.22. The van der Waals surface area contributed by atoms with Crippen molar-refractivity contribution in [1.82, 2.24) is 4.98 Å². The van der Waals surface area contributed by atoms with E-state index in [0.29, 0.717) is 21.6 Å². The molecule has 3 rings (SSSR count). The van der Waals surface area contributed by atoms with Gasteiger partial charge in [0.15, 0.2) is 6.10 Å². The number of nitrogens with zero attached hydrogens (tertiary/aromatic N) is 1. The van der Waals surface area contributed by atoms with Gasteiger partial charge in [-0.2, -0.15) is 0 Å². The maximum atomic E-state index is 12.4. The monoisotopic (exact) mass is 403 g/mol. The summed E-state index contributed by atoms with van der Waals surface area (Å²) in [6.45, 7) is 1.44. The molecule has 0 saturated heterocycles. The Morgan fingerprint density at radius 1 is 1.15 bits per heavy atom. The lowest BCUT2D eigenvalue weighted by Crippen LogP contribution is -2.30. The number of fused-ring (bicyclic) bond motifs is 1. The molecule has 0 radical (unpaired) electrons. The number of nitrogen functional groups attached to an aromatic ring is 1. The van der Waals surface area contributed by atoms with Gasteiger partial charge < -0.3 is 15.8 Å². The van der Waals surface area contributed by atoms with Crippen molar-refractivity contribution in [2.24, 2.45) is 0 Å². The molecule has 1 heterocycles. The number of carbonyl (C=O) groups excluding carboxylic acids is 2. The number of hydrogen-bond acceptors (Lipinski definition) is 5. The van der Waals surface area contributed by atoms with Crippen molar-refractivity contribution < 1.29 is 14.3 Å². The molecule has 0 saturated carbocycles. The van der Waals surface area contributed by atoms with Crippen LogP contribution in [0, 0.1) is 0 Å². The van der Waals surface area contributed by atoms with Gasteiger partial charge in [0, 0.05) is 11.6 Å². The van der Waals surface area contributed by atoms with Crippen LogP contribution in [0.4, 0.5) is 11.4 Å². The van der Waals surface area contributed by atoms with Gasteiger partial charge in [-0.3, -0.25) is 9.78 Å². The average molecular weight is 404 g/mol. The molecule has 8 heteroatoms. The number of para-hydroxylation sites is 1. The number of hydrogen-bond donors (Lipinski definition) is 2. The fraction of sp³-hybridized carbons (Fsp3) is 0.105. The van der Waals surface area contributed by atoms with Crippen LogP contribution in [-0.4, -0.2) is 23.0 Å². The SMILES string of the molecule is CC(OC(=O)c1cnc2ccccc2c1N)C(=O)Nc1cccc(Cl)c1Cl. The number of esters is 1. The first-order valence-corrected chi connectivity index (χ1v) is 8.73. The fourth-order valence-electron chi connectivity index (χ4n) is 2.44. The summed E-state index contributed by atoms with van der Waals surface area (Å²) in [5, 5.41) is 3.71. The van der Waals surface area contributed by atoms with Crippen molar-refractivity contribution in [3.05, 3.63) is 64.3 Å². The van der Waals surface area contributed by atoms with Gasteiger partial charge in [-0.1, -0.05) is 47.5 Å². The van der Waals surface area contributed by atoms with Crippen LogP contribution in [0.5, 0.6) is 0 Å². The average Bonchev–Trinajstić information content (AvgIpc) is 2.65. The summed E-state index contributed by atoms with van der Waals surface area (Å²) in [5.74, 6) is -1.30. The van der Waals surface area contributed by atoms with Gasteiger partial charge in [-0.25, -0.2) is 4.79 Å². The van der Waals surface area contributed by atoms with Crippen LogP contribution in [0.1, 0.15) is 17.3 Å². The predicted molar refractivity (Wildman–Crippen MR) is 106 cm³/mol. The van der Waals surface area contributed by atoms with E-state index in [1.54, 1.807) is 36.4 Å². The summed E-state index contributed by atoms with van der Waals surface area (Å²) in [7, 11) is 0. The number of halogens is 2. The molecule has 6 nitrogen and oxygen atoms in total. The van der Waals surface area contributed by atoms with Crippen molar-refractivity contribution >= 4 is 57.4 Å². The summed E-state index contributed by atoms with van der Waals surface area (Å²) in [5.41, 5.74) is 7.38. The predicted octanol–water partition coefficient (Wildman–Crippen LogP) is 4.31. The number of amides is 1. The minimum atomic E-state index is -1.08. The summed E-state index contributed by atoms with van der Waals surface area (Å²) in [6.07, 6.45) is 0.247. The van der Waals surface area contributed by atoms with Crippen molar-refractivity contribution in [2.75, 3.05) is 11.1 Å². The minimum absolute atomic E-state index is 0.0918. The summed E-state index contributed by atoms with van der Waals surface area (Å²) in [4.78, 5) is 28.9. The van der Waals surface area contributed by atoms with Gasteiger partial charge in [0.2, 0.25) is 0 Å². The molecular weight excluding hydrogens is 389 g/mol. The smallest absolute Gasteiger partial charge is 0.342 e. The molecule has 3 aromatic rings. The van der Waals surface area contributed by atoms with Crippen molar-refractivity contribution in [3.8, 4) is 0 Å². The van der Waals surface area contributed by atoms with E-state index in [1.807, 2.05) is 6.07 Å². The van der Waals surface area contributed by atoms with Gasteiger partial charge in [-0.05, 0) is 25.1 Å². The normalized spacial score (nSPS) is 11.8. The molecule has 138 valence electrons. The first-order chi connectivity index (χ1) is 12.9. The number of pyridine rings is 1. The molecule has 0 aliphatic rings. The lowest BCUT2D eigenvalue weighted by Gasteiger charge is -2.15. The quantitative estimate of drug-likeness (QED) is 0.632. The molecule has 1 aromatic heterocycles. The second-order valence-corrected chi connectivity index (χ2v) is 6.53.